The van der Waals surface area contributed by atoms with Gasteiger partial charge in [-0.25, -0.2) is 0 Å². The monoisotopic (exact) mass is 502 g/mol. The number of amides is 1. The number of carbonyl (C=O) groups is 2. The van der Waals surface area contributed by atoms with Gasteiger partial charge in [0.1, 0.15) is 5.78 Å². The number of nitrogens with zero attached hydrogens (tertiary/aromatic N) is 2. The predicted molar refractivity (Wildman–Crippen MR) is 151 cm³/mol. The molecule has 1 saturated heterocycles. The van der Waals surface area contributed by atoms with Gasteiger partial charge in [0.05, 0.1) is 6.04 Å². The molecule has 2 aliphatic rings. The van der Waals surface area contributed by atoms with Crippen LogP contribution >= 0.6 is 0 Å². The first-order valence-electron chi connectivity index (χ1n) is 14.4. The Labute approximate surface area is 224 Å². The normalized spacial score (nSPS) is 22.1. The zero-order valence-corrected chi connectivity index (χ0v) is 23.4. The van der Waals surface area contributed by atoms with Crippen LogP contribution in [0.5, 0.6) is 0 Å². The van der Waals surface area contributed by atoms with Gasteiger partial charge in [-0.1, -0.05) is 88.4 Å². The van der Waals surface area contributed by atoms with E-state index in [1.54, 1.807) is 0 Å². The topological polar surface area (TPSA) is 40.6 Å². The minimum Gasteiger partial charge on any atom is -0.340 e. The molecule has 1 amide bonds. The summed E-state index contributed by atoms with van der Waals surface area (Å²) in [5, 5.41) is 0. The zero-order valence-electron chi connectivity index (χ0n) is 23.4. The maximum atomic E-state index is 13.1. The van der Waals surface area contributed by atoms with Crippen molar-refractivity contribution in [3.63, 3.8) is 0 Å². The van der Waals surface area contributed by atoms with Gasteiger partial charge in [-0.3, -0.25) is 14.5 Å². The molecule has 0 spiro atoms. The fourth-order valence-electron chi connectivity index (χ4n) is 6.34. The summed E-state index contributed by atoms with van der Waals surface area (Å²) >= 11 is 0. The fraction of sp³-hybridized carbons (Fsp3) is 0.576. The molecule has 0 aromatic heterocycles. The fourth-order valence-corrected chi connectivity index (χ4v) is 6.34. The van der Waals surface area contributed by atoms with Crippen LogP contribution in [0.2, 0.25) is 0 Å². The minimum absolute atomic E-state index is 0.132. The van der Waals surface area contributed by atoms with E-state index in [-0.39, 0.29) is 23.7 Å². The van der Waals surface area contributed by atoms with Crippen molar-refractivity contribution < 1.29 is 9.59 Å². The highest BCUT2D eigenvalue weighted by Gasteiger charge is 2.32. The van der Waals surface area contributed by atoms with Gasteiger partial charge in [0.15, 0.2) is 0 Å². The summed E-state index contributed by atoms with van der Waals surface area (Å²) in [5.41, 5.74) is 2.93. The molecule has 1 aliphatic carbocycles. The van der Waals surface area contributed by atoms with E-state index in [0.29, 0.717) is 37.3 Å². The van der Waals surface area contributed by atoms with Gasteiger partial charge >= 0.3 is 0 Å². The molecule has 200 valence electrons. The van der Waals surface area contributed by atoms with Crippen LogP contribution in [0, 0.1) is 23.2 Å². The molecule has 1 unspecified atom stereocenters. The Hall–Kier alpha value is -2.46. The van der Waals surface area contributed by atoms with Crippen molar-refractivity contribution in [1.29, 1.82) is 0 Å². The van der Waals surface area contributed by atoms with Gasteiger partial charge in [0.2, 0.25) is 5.91 Å². The van der Waals surface area contributed by atoms with E-state index < -0.39 is 0 Å². The first-order chi connectivity index (χ1) is 17.7. The van der Waals surface area contributed by atoms with E-state index in [0.717, 1.165) is 31.8 Å². The summed E-state index contributed by atoms with van der Waals surface area (Å²) < 4.78 is 0. The lowest BCUT2D eigenvalue weighted by Crippen LogP contribution is -2.50. The highest BCUT2D eigenvalue weighted by molar-refractivity contribution is 5.87. The van der Waals surface area contributed by atoms with Gasteiger partial charge in [-0.2, -0.15) is 0 Å². The van der Waals surface area contributed by atoms with E-state index in [2.05, 4.69) is 86.3 Å². The second kappa shape index (κ2) is 12.4. The smallest absolute Gasteiger partial charge is 0.223 e. The standard InChI is InChI=1S/C33H46N2O2/c1-25(30(36)24-26-15-17-29(18-16-26)33(2,3)4)23-31(37)34-19-21-35(22-20-34)32(27-11-7-5-8-12-27)28-13-9-6-10-14-28/h5-14,25-26,29,32H,15-24H2,1-4H3. The molecule has 1 heterocycles. The van der Waals surface area contributed by atoms with Crippen LogP contribution in [0.3, 0.4) is 0 Å². The molecular weight excluding hydrogens is 456 g/mol. The third-order valence-corrected chi connectivity index (χ3v) is 8.85. The molecular formula is C33H46N2O2. The Morgan fingerprint density at radius 3 is 1.81 bits per heavy atom. The van der Waals surface area contributed by atoms with Crippen molar-refractivity contribution in [2.75, 3.05) is 26.2 Å². The molecule has 1 aliphatic heterocycles. The Kier molecular flexibility index (Phi) is 9.23. The summed E-state index contributed by atoms with van der Waals surface area (Å²) in [6, 6.07) is 21.5. The molecule has 2 fully saturated rings. The highest BCUT2D eigenvalue weighted by atomic mass is 16.2. The molecule has 2 aromatic carbocycles. The molecule has 4 nitrogen and oxygen atoms in total. The second-order valence-corrected chi connectivity index (χ2v) is 12.5. The van der Waals surface area contributed by atoms with Crippen LogP contribution in [0.1, 0.15) is 83.4 Å². The van der Waals surface area contributed by atoms with Crippen molar-refractivity contribution in [1.82, 2.24) is 9.80 Å². The SMILES string of the molecule is CC(CC(=O)N1CCN(C(c2ccccc2)c2ccccc2)CC1)C(=O)CC1CCC(C(C)(C)C)CC1. The van der Waals surface area contributed by atoms with E-state index in [1.165, 1.54) is 24.0 Å². The summed E-state index contributed by atoms with van der Waals surface area (Å²) in [7, 11) is 0. The van der Waals surface area contributed by atoms with Crippen LogP contribution < -0.4 is 0 Å². The average Bonchev–Trinajstić information content (AvgIpc) is 2.90. The maximum Gasteiger partial charge on any atom is 0.223 e. The zero-order chi connectivity index (χ0) is 26.4. The Bertz CT molecular complexity index is 958. The van der Waals surface area contributed by atoms with Crippen LogP contribution in [0.15, 0.2) is 60.7 Å². The molecule has 37 heavy (non-hydrogen) atoms. The summed E-state index contributed by atoms with van der Waals surface area (Å²) in [5.74, 6) is 1.49. The van der Waals surface area contributed by atoms with E-state index >= 15 is 0 Å². The van der Waals surface area contributed by atoms with Crippen molar-refractivity contribution in [2.24, 2.45) is 23.2 Å². The third kappa shape index (κ3) is 7.31. The molecule has 4 heteroatoms. The number of rotatable bonds is 8. The Morgan fingerprint density at radius 2 is 1.32 bits per heavy atom. The van der Waals surface area contributed by atoms with E-state index in [1.807, 2.05) is 11.8 Å². The second-order valence-electron chi connectivity index (χ2n) is 12.5. The van der Waals surface area contributed by atoms with E-state index in [4.69, 9.17) is 0 Å². The van der Waals surface area contributed by atoms with Gasteiger partial charge in [-0.05, 0) is 54.1 Å². The van der Waals surface area contributed by atoms with E-state index in [9.17, 15) is 9.59 Å². The lowest BCUT2D eigenvalue weighted by molar-refractivity contribution is -0.137. The number of carbonyl (C=O) groups excluding carboxylic acids is 2. The number of ketones is 1. The number of Topliss-reactive ketones (excluding diaryl/α,β-unsaturated/α-hetero) is 1. The molecule has 0 N–H and O–H groups in total. The molecule has 0 radical (unpaired) electrons. The first-order valence-corrected chi connectivity index (χ1v) is 14.4. The quantitative estimate of drug-likeness (QED) is 0.400. The first kappa shape index (κ1) is 27.6. The third-order valence-electron chi connectivity index (χ3n) is 8.85. The lowest BCUT2D eigenvalue weighted by Gasteiger charge is -2.40. The molecule has 4 rings (SSSR count). The summed E-state index contributed by atoms with van der Waals surface area (Å²) in [6.07, 6.45) is 5.75. The number of piperazine rings is 1. The molecule has 1 atom stereocenters. The lowest BCUT2D eigenvalue weighted by atomic mass is 9.69. The van der Waals surface area contributed by atoms with Crippen molar-refractivity contribution in [3.8, 4) is 0 Å². The van der Waals surface area contributed by atoms with Gasteiger partial charge < -0.3 is 4.90 Å². The maximum absolute atomic E-state index is 13.1. The number of hydrogen-bond donors (Lipinski definition) is 0. The Balaban J connectivity index is 1.27. The predicted octanol–water partition coefficient (Wildman–Crippen LogP) is 6.76. The molecule has 2 aromatic rings. The Morgan fingerprint density at radius 1 is 0.811 bits per heavy atom. The van der Waals surface area contributed by atoms with Gasteiger partial charge in [0.25, 0.3) is 0 Å². The van der Waals surface area contributed by atoms with Crippen LogP contribution in [-0.2, 0) is 9.59 Å². The van der Waals surface area contributed by atoms with Gasteiger partial charge in [0, 0.05) is 44.9 Å². The average molecular weight is 503 g/mol. The van der Waals surface area contributed by atoms with Crippen molar-refractivity contribution in [3.05, 3.63) is 71.8 Å². The number of benzene rings is 2. The minimum atomic E-state index is -0.188. The van der Waals surface area contributed by atoms with Crippen LogP contribution in [0.4, 0.5) is 0 Å². The highest BCUT2D eigenvalue weighted by Crippen LogP contribution is 2.41. The number of hydrogen-bond acceptors (Lipinski definition) is 3. The van der Waals surface area contributed by atoms with Crippen molar-refractivity contribution in [2.45, 2.75) is 72.3 Å². The molecule has 0 bridgehead atoms. The molecule has 1 saturated carbocycles. The van der Waals surface area contributed by atoms with Crippen LogP contribution in [0.25, 0.3) is 0 Å². The van der Waals surface area contributed by atoms with Crippen molar-refractivity contribution >= 4 is 11.7 Å². The van der Waals surface area contributed by atoms with Gasteiger partial charge in [-0.15, -0.1) is 0 Å². The summed E-state index contributed by atoms with van der Waals surface area (Å²) in [6.45, 7) is 12.1. The largest absolute Gasteiger partial charge is 0.340 e. The van der Waals surface area contributed by atoms with Crippen LogP contribution in [-0.4, -0.2) is 47.7 Å². The summed E-state index contributed by atoms with van der Waals surface area (Å²) in [4.78, 5) is 30.6.